The number of nitrogens with zero attached hydrogens (tertiary/aromatic N) is 1. The molecule has 2 amide bonds. The molecule has 1 fully saturated rings. The molecule has 0 unspecified atom stereocenters. The molecular weight excluding hydrogens is 244 g/mol. The molecule has 5 heteroatoms. The van der Waals surface area contributed by atoms with E-state index in [1.54, 1.807) is 4.90 Å². The van der Waals surface area contributed by atoms with Crippen molar-refractivity contribution in [2.75, 3.05) is 13.1 Å². The first-order valence-corrected chi connectivity index (χ1v) is 6.80. The minimum atomic E-state index is -0.732. The van der Waals surface area contributed by atoms with E-state index >= 15 is 0 Å². The Morgan fingerprint density at radius 2 is 2.00 bits per heavy atom. The molecular formula is C14H22N2O3. The van der Waals surface area contributed by atoms with Crippen LogP contribution in [0.25, 0.3) is 0 Å². The van der Waals surface area contributed by atoms with Crippen molar-refractivity contribution < 1.29 is 14.7 Å². The molecule has 1 aliphatic rings. The van der Waals surface area contributed by atoms with Crippen molar-refractivity contribution >= 4 is 12.0 Å². The van der Waals surface area contributed by atoms with Gasteiger partial charge in [-0.3, -0.25) is 4.79 Å². The first kappa shape index (κ1) is 15.4. The number of carbonyl (C=O) groups is 2. The third-order valence-electron chi connectivity index (χ3n) is 3.47. The Bertz CT molecular complexity index is 354. The van der Waals surface area contributed by atoms with Crippen molar-refractivity contribution in [3.05, 3.63) is 0 Å². The van der Waals surface area contributed by atoms with Crippen molar-refractivity contribution in [3.63, 3.8) is 0 Å². The van der Waals surface area contributed by atoms with Gasteiger partial charge in [-0.15, -0.1) is 6.42 Å². The largest absolute Gasteiger partial charge is 0.481 e. The van der Waals surface area contributed by atoms with Crippen LogP contribution in [0.4, 0.5) is 4.79 Å². The van der Waals surface area contributed by atoms with E-state index in [-0.39, 0.29) is 18.0 Å². The third kappa shape index (κ3) is 4.82. The van der Waals surface area contributed by atoms with Gasteiger partial charge in [0.1, 0.15) is 0 Å². The Morgan fingerprint density at radius 1 is 1.37 bits per heavy atom. The number of carboxylic acids is 1. The van der Waals surface area contributed by atoms with Gasteiger partial charge in [0.05, 0.1) is 12.5 Å². The van der Waals surface area contributed by atoms with Crippen LogP contribution in [0.5, 0.6) is 0 Å². The van der Waals surface area contributed by atoms with E-state index in [1.807, 2.05) is 6.92 Å². The molecule has 0 aliphatic heterocycles. The summed E-state index contributed by atoms with van der Waals surface area (Å²) in [4.78, 5) is 24.5. The molecule has 0 bridgehead atoms. The summed E-state index contributed by atoms with van der Waals surface area (Å²) in [7, 11) is 0. The highest BCUT2D eigenvalue weighted by Gasteiger charge is 2.27. The fourth-order valence-electron chi connectivity index (χ4n) is 2.38. The maximum atomic E-state index is 12.0. The number of carboxylic acid groups (broad SMARTS) is 1. The smallest absolute Gasteiger partial charge is 0.318 e. The minimum Gasteiger partial charge on any atom is -0.481 e. The molecule has 0 aromatic rings. The molecule has 19 heavy (non-hydrogen) atoms. The topological polar surface area (TPSA) is 69.6 Å². The van der Waals surface area contributed by atoms with Gasteiger partial charge in [0.25, 0.3) is 0 Å². The number of hydrogen-bond donors (Lipinski definition) is 2. The number of rotatable bonds is 5. The summed E-state index contributed by atoms with van der Waals surface area (Å²) in [5.41, 5.74) is 0. The first-order chi connectivity index (χ1) is 9.08. The lowest BCUT2D eigenvalue weighted by Crippen LogP contribution is -2.46. The Balaban J connectivity index is 2.41. The molecule has 1 rings (SSSR count). The lowest BCUT2D eigenvalue weighted by molar-refractivity contribution is -0.142. The van der Waals surface area contributed by atoms with E-state index in [1.165, 1.54) is 0 Å². The molecule has 1 aliphatic carbocycles. The second-order valence-corrected chi connectivity index (χ2v) is 4.96. The van der Waals surface area contributed by atoms with Gasteiger partial charge in [-0.25, -0.2) is 4.79 Å². The van der Waals surface area contributed by atoms with Crippen molar-refractivity contribution in [1.82, 2.24) is 10.2 Å². The summed E-state index contributed by atoms with van der Waals surface area (Å²) >= 11 is 0. The SMILES string of the molecule is C#CCN(CCC)C(=O)NC1CCC(C(=O)O)CC1. The number of amides is 2. The fourth-order valence-corrected chi connectivity index (χ4v) is 2.38. The molecule has 5 nitrogen and oxygen atoms in total. The number of terminal acetylenes is 1. The van der Waals surface area contributed by atoms with Crippen molar-refractivity contribution in [3.8, 4) is 12.3 Å². The molecule has 0 aromatic heterocycles. The second-order valence-electron chi connectivity index (χ2n) is 4.96. The normalized spacial score (nSPS) is 22.3. The van der Waals surface area contributed by atoms with Crippen LogP contribution >= 0.6 is 0 Å². The Labute approximate surface area is 114 Å². The van der Waals surface area contributed by atoms with Crippen molar-refractivity contribution in [1.29, 1.82) is 0 Å². The molecule has 0 spiro atoms. The quantitative estimate of drug-likeness (QED) is 0.744. The molecule has 0 radical (unpaired) electrons. The van der Waals surface area contributed by atoms with Crippen LogP contribution in [0.1, 0.15) is 39.0 Å². The molecule has 2 N–H and O–H groups in total. The average Bonchev–Trinajstić information content (AvgIpc) is 2.39. The summed E-state index contributed by atoms with van der Waals surface area (Å²) in [6, 6.07) is -0.0706. The number of aliphatic carboxylic acids is 1. The zero-order valence-electron chi connectivity index (χ0n) is 11.4. The van der Waals surface area contributed by atoms with E-state index in [4.69, 9.17) is 11.5 Å². The molecule has 0 aromatic carbocycles. The second kappa shape index (κ2) is 7.67. The molecule has 106 valence electrons. The number of nitrogens with one attached hydrogen (secondary N) is 1. The number of carbonyl (C=O) groups excluding carboxylic acids is 1. The summed E-state index contributed by atoms with van der Waals surface area (Å²) < 4.78 is 0. The van der Waals surface area contributed by atoms with Crippen LogP contribution in [-0.4, -0.2) is 41.1 Å². The van der Waals surface area contributed by atoms with E-state index in [9.17, 15) is 9.59 Å². The van der Waals surface area contributed by atoms with Gasteiger partial charge in [0.15, 0.2) is 0 Å². The maximum Gasteiger partial charge on any atom is 0.318 e. The van der Waals surface area contributed by atoms with Gasteiger partial charge in [0, 0.05) is 12.6 Å². The zero-order chi connectivity index (χ0) is 14.3. The highest BCUT2D eigenvalue weighted by Crippen LogP contribution is 2.24. The Hall–Kier alpha value is -1.70. The zero-order valence-corrected chi connectivity index (χ0v) is 11.4. The van der Waals surface area contributed by atoms with E-state index < -0.39 is 5.97 Å². The van der Waals surface area contributed by atoms with Gasteiger partial charge in [-0.05, 0) is 32.1 Å². The lowest BCUT2D eigenvalue weighted by Gasteiger charge is -2.29. The summed E-state index contributed by atoms with van der Waals surface area (Å²) in [6.07, 6.45) is 8.81. The molecule has 0 atom stereocenters. The van der Waals surface area contributed by atoms with Crippen LogP contribution < -0.4 is 5.32 Å². The van der Waals surface area contributed by atoms with Crippen molar-refractivity contribution in [2.45, 2.75) is 45.1 Å². The van der Waals surface area contributed by atoms with Crippen LogP contribution in [0, 0.1) is 18.3 Å². The summed E-state index contributed by atoms with van der Waals surface area (Å²) in [5.74, 6) is 1.49. The average molecular weight is 266 g/mol. The van der Waals surface area contributed by atoms with Crippen molar-refractivity contribution in [2.24, 2.45) is 5.92 Å². The number of urea groups is 1. The number of hydrogen-bond acceptors (Lipinski definition) is 2. The predicted octanol–water partition coefficient (Wildman–Crippen LogP) is 1.68. The van der Waals surface area contributed by atoms with E-state index in [2.05, 4.69) is 11.2 Å². The standard InChI is InChI=1S/C14H22N2O3/c1-3-9-16(10-4-2)14(19)15-12-7-5-11(6-8-12)13(17)18/h1,11-12H,4-10H2,2H3,(H,15,19)(H,17,18). The van der Waals surface area contributed by atoms with Gasteiger partial charge in [0.2, 0.25) is 0 Å². The van der Waals surface area contributed by atoms with Crippen LogP contribution in [-0.2, 0) is 4.79 Å². The van der Waals surface area contributed by atoms with Crippen LogP contribution in [0.3, 0.4) is 0 Å². The van der Waals surface area contributed by atoms with Gasteiger partial charge >= 0.3 is 12.0 Å². The third-order valence-corrected chi connectivity index (χ3v) is 3.47. The lowest BCUT2D eigenvalue weighted by atomic mass is 9.86. The minimum absolute atomic E-state index is 0.0697. The molecule has 0 heterocycles. The highest BCUT2D eigenvalue weighted by atomic mass is 16.4. The van der Waals surface area contributed by atoms with E-state index in [0.29, 0.717) is 25.9 Å². The van der Waals surface area contributed by atoms with Gasteiger partial charge in [-0.1, -0.05) is 12.8 Å². The highest BCUT2D eigenvalue weighted by molar-refractivity contribution is 5.75. The Kier molecular flexibility index (Phi) is 6.20. The molecule has 1 saturated carbocycles. The monoisotopic (exact) mass is 266 g/mol. The van der Waals surface area contributed by atoms with Gasteiger partial charge < -0.3 is 15.3 Å². The van der Waals surface area contributed by atoms with E-state index in [0.717, 1.165) is 19.3 Å². The van der Waals surface area contributed by atoms with Crippen LogP contribution in [0.15, 0.2) is 0 Å². The predicted molar refractivity (Wildman–Crippen MR) is 72.6 cm³/mol. The van der Waals surface area contributed by atoms with Crippen LogP contribution in [0.2, 0.25) is 0 Å². The summed E-state index contributed by atoms with van der Waals surface area (Å²) in [5, 5.41) is 11.9. The molecule has 0 saturated heterocycles. The van der Waals surface area contributed by atoms with Gasteiger partial charge in [-0.2, -0.15) is 0 Å². The fraction of sp³-hybridized carbons (Fsp3) is 0.714. The maximum absolute atomic E-state index is 12.0. The Morgan fingerprint density at radius 3 is 2.47 bits per heavy atom. The first-order valence-electron chi connectivity index (χ1n) is 6.80. The summed E-state index contributed by atoms with van der Waals surface area (Å²) in [6.45, 7) is 2.94.